The molecule has 0 bridgehead atoms. The molecule has 0 aromatic heterocycles. The predicted octanol–water partition coefficient (Wildman–Crippen LogP) is 2.86. The molecule has 0 radical (unpaired) electrons. The van der Waals surface area contributed by atoms with E-state index < -0.39 is 0 Å². The average molecular weight is 278 g/mol. The molecule has 1 atom stereocenters. The number of nitrogens with one attached hydrogen (secondary N) is 1. The molecule has 1 aromatic rings. The lowest BCUT2D eigenvalue weighted by atomic mass is 10.2. The van der Waals surface area contributed by atoms with E-state index in [4.69, 9.17) is 33.0 Å². The number of aliphatic hydroxyl groups is 1. The first-order valence-corrected chi connectivity index (χ1v) is 6.29. The van der Waals surface area contributed by atoms with Gasteiger partial charge < -0.3 is 15.2 Å². The summed E-state index contributed by atoms with van der Waals surface area (Å²) >= 11 is 12.1. The minimum atomic E-state index is -0.372. The molecule has 1 rings (SSSR count). The summed E-state index contributed by atoms with van der Waals surface area (Å²) in [6.07, 6.45) is -0.372. The number of benzene rings is 1. The lowest BCUT2D eigenvalue weighted by Gasteiger charge is -2.11. The van der Waals surface area contributed by atoms with Crippen LogP contribution in [-0.4, -0.2) is 24.4 Å². The SMILES string of the molecule is CCOc1c(Cl)cc(CNC[C@@H](C)O)cc1Cl. The largest absolute Gasteiger partial charge is 0.491 e. The smallest absolute Gasteiger partial charge is 0.156 e. The highest BCUT2D eigenvalue weighted by Crippen LogP contribution is 2.34. The van der Waals surface area contributed by atoms with Gasteiger partial charge in [0.05, 0.1) is 22.8 Å². The predicted molar refractivity (Wildman–Crippen MR) is 71.0 cm³/mol. The van der Waals surface area contributed by atoms with Gasteiger partial charge in [0.1, 0.15) is 0 Å². The molecular weight excluding hydrogens is 261 g/mol. The Labute approximate surface area is 112 Å². The zero-order valence-electron chi connectivity index (χ0n) is 9.96. The van der Waals surface area contributed by atoms with E-state index in [1.165, 1.54) is 0 Å². The number of halogens is 2. The van der Waals surface area contributed by atoms with E-state index in [-0.39, 0.29) is 6.10 Å². The van der Waals surface area contributed by atoms with Gasteiger partial charge in [0.15, 0.2) is 5.75 Å². The average Bonchev–Trinajstić information content (AvgIpc) is 2.23. The van der Waals surface area contributed by atoms with Crippen molar-refractivity contribution in [3.8, 4) is 5.75 Å². The maximum absolute atomic E-state index is 9.12. The Morgan fingerprint density at radius 2 is 1.94 bits per heavy atom. The number of hydrogen-bond donors (Lipinski definition) is 2. The fraction of sp³-hybridized carbons (Fsp3) is 0.500. The lowest BCUT2D eigenvalue weighted by Crippen LogP contribution is -2.23. The standard InChI is InChI=1S/C12H17Cl2NO2/c1-3-17-12-10(13)4-9(5-11(12)14)7-15-6-8(2)16/h4-5,8,15-16H,3,6-7H2,1-2H3/t8-/m1/s1. The van der Waals surface area contributed by atoms with Crippen LogP contribution in [0.5, 0.6) is 5.75 Å². The molecular formula is C12H17Cl2NO2. The van der Waals surface area contributed by atoms with Crippen LogP contribution in [-0.2, 0) is 6.54 Å². The minimum absolute atomic E-state index is 0.372. The van der Waals surface area contributed by atoms with Gasteiger partial charge in [-0.3, -0.25) is 0 Å². The molecule has 0 saturated heterocycles. The molecule has 0 fully saturated rings. The van der Waals surface area contributed by atoms with Crippen LogP contribution < -0.4 is 10.1 Å². The molecule has 96 valence electrons. The van der Waals surface area contributed by atoms with Crippen molar-refractivity contribution in [1.82, 2.24) is 5.32 Å². The zero-order chi connectivity index (χ0) is 12.8. The van der Waals surface area contributed by atoms with Gasteiger partial charge in [-0.1, -0.05) is 23.2 Å². The maximum atomic E-state index is 9.12. The first kappa shape index (κ1) is 14.6. The fourth-order valence-corrected chi connectivity index (χ4v) is 2.06. The first-order chi connectivity index (χ1) is 8.04. The van der Waals surface area contributed by atoms with E-state index in [1.807, 2.05) is 19.1 Å². The Balaban J connectivity index is 2.69. The highest BCUT2D eigenvalue weighted by molar-refractivity contribution is 6.37. The van der Waals surface area contributed by atoms with Gasteiger partial charge in [-0.2, -0.15) is 0 Å². The molecule has 2 N–H and O–H groups in total. The lowest BCUT2D eigenvalue weighted by molar-refractivity contribution is 0.191. The van der Waals surface area contributed by atoms with E-state index in [1.54, 1.807) is 6.92 Å². The number of ether oxygens (including phenoxy) is 1. The van der Waals surface area contributed by atoms with Crippen LogP contribution in [0.3, 0.4) is 0 Å². The molecule has 1 aromatic carbocycles. The van der Waals surface area contributed by atoms with Crippen LogP contribution in [0.1, 0.15) is 19.4 Å². The van der Waals surface area contributed by atoms with Gasteiger partial charge in [0.2, 0.25) is 0 Å². The van der Waals surface area contributed by atoms with Crippen LogP contribution in [0, 0.1) is 0 Å². The molecule has 0 spiro atoms. The molecule has 5 heteroatoms. The highest BCUT2D eigenvalue weighted by Gasteiger charge is 2.09. The summed E-state index contributed by atoms with van der Waals surface area (Å²) in [4.78, 5) is 0. The van der Waals surface area contributed by atoms with Crippen molar-refractivity contribution in [3.63, 3.8) is 0 Å². The Kier molecular flexibility index (Phi) is 6.06. The first-order valence-electron chi connectivity index (χ1n) is 5.54. The Morgan fingerprint density at radius 3 is 2.41 bits per heavy atom. The number of rotatable bonds is 6. The Hall–Kier alpha value is -0.480. The van der Waals surface area contributed by atoms with Crippen molar-refractivity contribution in [2.24, 2.45) is 0 Å². The summed E-state index contributed by atoms with van der Waals surface area (Å²) < 4.78 is 5.34. The molecule has 0 amide bonds. The van der Waals surface area contributed by atoms with Crippen molar-refractivity contribution < 1.29 is 9.84 Å². The quantitative estimate of drug-likeness (QED) is 0.840. The van der Waals surface area contributed by atoms with Crippen LogP contribution in [0.2, 0.25) is 10.0 Å². The summed E-state index contributed by atoms with van der Waals surface area (Å²) in [7, 11) is 0. The van der Waals surface area contributed by atoms with Crippen molar-refractivity contribution in [3.05, 3.63) is 27.7 Å². The number of aliphatic hydroxyl groups excluding tert-OH is 1. The second-order valence-corrected chi connectivity index (χ2v) is 4.62. The van der Waals surface area contributed by atoms with E-state index >= 15 is 0 Å². The normalized spacial score (nSPS) is 12.5. The van der Waals surface area contributed by atoms with E-state index in [9.17, 15) is 0 Å². The minimum Gasteiger partial charge on any atom is -0.491 e. The monoisotopic (exact) mass is 277 g/mol. The third-order valence-corrected chi connectivity index (χ3v) is 2.68. The van der Waals surface area contributed by atoms with Gasteiger partial charge in [0, 0.05) is 13.1 Å². The van der Waals surface area contributed by atoms with Gasteiger partial charge in [-0.05, 0) is 31.5 Å². The third-order valence-electron chi connectivity index (χ3n) is 2.12. The van der Waals surface area contributed by atoms with Gasteiger partial charge in [-0.25, -0.2) is 0 Å². The van der Waals surface area contributed by atoms with Gasteiger partial charge in [-0.15, -0.1) is 0 Å². The van der Waals surface area contributed by atoms with Crippen LogP contribution >= 0.6 is 23.2 Å². The topological polar surface area (TPSA) is 41.5 Å². The van der Waals surface area contributed by atoms with Crippen molar-refractivity contribution >= 4 is 23.2 Å². The van der Waals surface area contributed by atoms with Gasteiger partial charge in [0.25, 0.3) is 0 Å². The molecule has 0 heterocycles. The summed E-state index contributed by atoms with van der Waals surface area (Å²) in [6, 6.07) is 3.63. The molecule has 3 nitrogen and oxygen atoms in total. The Bertz CT molecular complexity index is 347. The maximum Gasteiger partial charge on any atom is 0.156 e. The highest BCUT2D eigenvalue weighted by atomic mass is 35.5. The van der Waals surface area contributed by atoms with Crippen molar-refractivity contribution in [1.29, 1.82) is 0 Å². The molecule has 0 saturated carbocycles. The fourth-order valence-electron chi connectivity index (χ4n) is 1.42. The molecule has 0 unspecified atom stereocenters. The summed E-state index contributed by atoms with van der Waals surface area (Å²) in [5.41, 5.74) is 0.962. The van der Waals surface area contributed by atoms with E-state index in [2.05, 4.69) is 5.32 Å². The molecule has 0 aliphatic carbocycles. The second kappa shape index (κ2) is 7.07. The molecule has 17 heavy (non-hydrogen) atoms. The third kappa shape index (κ3) is 4.72. The second-order valence-electron chi connectivity index (χ2n) is 3.80. The van der Waals surface area contributed by atoms with E-state index in [0.717, 1.165) is 5.56 Å². The van der Waals surface area contributed by atoms with Crippen molar-refractivity contribution in [2.45, 2.75) is 26.5 Å². The van der Waals surface area contributed by atoms with Crippen molar-refractivity contribution in [2.75, 3.05) is 13.2 Å². The summed E-state index contributed by atoms with van der Waals surface area (Å²) in [5, 5.41) is 13.2. The van der Waals surface area contributed by atoms with E-state index in [0.29, 0.717) is 35.5 Å². The summed E-state index contributed by atoms with van der Waals surface area (Å²) in [5.74, 6) is 0.523. The van der Waals surface area contributed by atoms with Gasteiger partial charge >= 0.3 is 0 Å². The molecule has 0 aliphatic heterocycles. The number of hydrogen-bond acceptors (Lipinski definition) is 3. The Morgan fingerprint density at radius 1 is 1.35 bits per heavy atom. The van der Waals surface area contributed by atoms with Crippen LogP contribution in [0.15, 0.2) is 12.1 Å². The van der Waals surface area contributed by atoms with Crippen LogP contribution in [0.25, 0.3) is 0 Å². The summed E-state index contributed by atoms with van der Waals surface area (Å²) in [6.45, 7) is 5.27. The van der Waals surface area contributed by atoms with Crippen LogP contribution in [0.4, 0.5) is 0 Å². The zero-order valence-corrected chi connectivity index (χ0v) is 11.5. The molecule has 0 aliphatic rings.